The second-order valence-electron chi connectivity index (χ2n) is 7.29. The van der Waals surface area contributed by atoms with Crippen molar-refractivity contribution in [3.63, 3.8) is 0 Å². The van der Waals surface area contributed by atoms with Crippen molar-refractivity contribution in [3.8, 4) is 0 Å². The summed E-state index contributed by atoms with van der Waals surface area (Å²) in [6.07, 6.45) is 7.96. The lowest BCUT2D eigenvalue weighted by molar-refractivity contribution is -0.123. The van der Waals surface area contributed by atoms with Crippen molar-refractivity contribution < 1.29 is 4.79 Å². The first-order valence-corrected chi connectivity index (χ1v) is 9.12. The number of nitrogens with one attached hydrogen (secondary N) is 2. The molecule has 1 saturated heterocycles. The molecule has 2 fully saturated rings. The molecule has 2 aromatic rings. The van der Waals surface area contributed by atoms with Crippen LogP contribution < -0.4 is 10.6 Å². The van der Waals surface area contributed by atoms with E-state index in [1.54, 1.807) is 0 Å². The van der Waals surface area contributed by atoms with Crippen molar-refractivity contribution in [3.05, 3.63) is 42.2 Å². The van der Waals surface area contributed by atoms with Crippen molar-refractivity contribution in [2.24, 2.45) is 5.92 Å². The van der Waals surface area contributed by atoms with E-state index in [9.17, 15) is 4.79 Å². The smallest absolute Gasteiger partial charge is 0.237 e. The molecule has 4 atom stereocenters. The van der Waals surface area contributed by atoms with Crippen molar-refractivity contribution in [1.29, 1.82) is 0 Å². The third-order valence-electron chi connectivity index (χ3n) is 5.63. The van der Waals surface area contributed by atoms with Crippen molar-refractivity contribution >= 4 is 16.7 Å². The third kappa shape index (κ3) is 3.03. The van der Waals surface area contributed by atoms with Gasteiger partial charge in [0.25, 0.3) is 0 Å². The summed E-state index contributed by atoms with van der Waals surface area (Å²) in [6, 6.07) is 10.7. The molecule has 1 aromatic carbocycles. The van der Waals surface area contributed by atoms with E-state index >= 15 is 0 Å². The van der Waals surface area contributed by atoms with Crippen LogP contribution in [0.4, 0.5) is 0 Å². The van der Waals surface area contributed by atoms with E-state index in [2.05, 4.69) is 33.8 Å². The van der Waals surface area contributed by atoms with E-state index in [0.29, 0.717) is 12.0 Å². The van der Waals surface area contributed by atoms with Crippen molar-refractivity contribution in [1.82, 2.24) is 15.6 Å². The normalized spacial score (nSPS) is 27.6. The Hall–Kier alpha value is -1.94. The Morgan fingerprint density at radius 2 is 2.04 bits per heavy atom. The van der Waals surface area contributed by atoms with Gasteiger partial charge < -0.3 is 10.6 Å². The molecule has 1 saturated carbocycles. The number of carbonyl (C=O) groups excluding carboxylic acids is 1. The van der Waals surface area contributed by atoms with Crippen LogP contribution in [0, 0.1) is 5.92 Å². The highest BCUT2D eigenvalue weighted by molar-refractivity contribution is 5.84. The molecule has 0 radical (unpaired) electrons. The van der Waals surface area contributed by atoms with Gasteiger partial charge in [0.1, 0.15) is 0 Å². The number of nitrogens with zero attached hydrogens (tertiary/aromatic N) is 1. The van der Waals surface area contributed by atoms with Gasteiger partial charge in [0, 0.05) is 17.6 Å². The lowest BCUT2D eigenvalue weighted by atomic mass is 9.85. The molecular weight excluding hydrogens is 298 g/mol. The Labute approximate surface area is 143 Å². The molecule has 4 rings (SSSR count). The lowest BCUT2D eigenvalue weighted by Gasteiger charge is -2.24. The highest BCUT2D eigenvalue weighted by Crippen LogP contribution is 2.33. The summed E-state index contributed by atoms with van der Waals surface area (Å²) in [5.41, 5.74) is 0.914. The average molecular weight is 323 g/mol. The van der Waals surface area contributed by atoms with Gasteiger partial charge >= 0.3 is 0 Å². The van der Waals surface area contributed by atoms with Gasteiger partial charge in [-0.2, -0.15) is 0 Å². The molecule has 4 nitrogen and oxygen atoms in total. The molecule has 0 spiro atoms. The van der Waals surface area contributed by atoms with E-state index in [1.165, 1.54) is 25.7 Å². The summed E-state index contributed by atoms with van der Waals surface area (Å²) in [6.45, 7) is 2.01. The fourth-order valence-electron chi connectivity index (χ4n) is 4.25. The van der Waals surface area contributed by atoms with Crippen molar-refractivity contribution in [2.75, 3.05) is 0 Å². The van der Waals surface area contributed by atoms with Crippen LogP contribution in [0.15, 0.2) is 36.5 Å². The maximum absolute atomic E-state index is 12.6. The maximum atomic E-state index is 12.6. The highest BCUT2D eigenvalue weighted by Gasteiger charge is 2.38. The summed E-state index contributed by atoms with van der Waals surface area (Å²) in [4.78, 5) is 17.2. The molecule has 126 valence electrons. The second-order valence-corrected chi connectivity index (χ2v) is 7.29. The fourth-order valence-corrected chi connectivity index (χ4v) is 4.25. The van der Waals surface area contributed by atoms with Gasteiger partial charge in [-0.3, -0.25) is 9.78 Å². The highest BCUT2D eigenvalue weighted by atomic mass is 16.2. The predicted octanol–water partition coefficient (Wildman–Crippen LogP) is 3.33. The number of rotatable bonds is 3. The lowest BCUT2D eigenvalue weighted by Crippen LogP contribution is -2.44. The van der Waals surface area contributed by atoms with Gasteiger partial charge in [0.05, 0.1) is 17.8 Å². The van der Waals surface area contributed by atoms with Crippen LogP contribution in [0.25, 0.3) is 10.8 Å². The molecule has 1 aliphatic heterocycles. The topological polar surface area (TPSA) is 54.0 Å². The number of fused-ring (bicyclic) bond motifs is 2. The van der Waals surface area contributed by atoms with E-state index in [4.69, 9.17) is 0 Å². The Balaban J connectivity index is 1.43. The number of amides is 1. The van der Waals surface area contributed by atoms with Gasteiger partial charge in [-0.15, -0.1) is 0 Å². The summed E-state index contributed by atoms with van der Waals surface area (Å²) < 4.78 is 0. The second kappa shape index (κ2) is 6.52. The van der Waals surface area contributed by atoms with E-state index in [0.717, 1.165) is 22.9 Å². The zero-order valence-corrected chi connectivity index (χ0v) is 14.2. The molecular formula is C20H25N3O. The first-order valence-electron chi connectivity index (χ1n) is 9.12. The van der Waals surface area contributed by atoms with Gasteiger partial charge in [0.2, 0.25) is 5.91 Å². The standard InChI is InChI=1S/C20H25N3O/c1-13(18-10-14-6-2-3-8-16(14)12-21-18)22-20(24)19-11-15-7-4-5-9-17(15)23-19/h2-3,6,8,10,12-13,15,17,19,23H,4-5,7,9,11H2,1H3,(H,22,24)/t13?,15-,17-,19-/m0/s1. The molecule has 1 aromatic heterocycles. The summed E-state index contributed by atoms with van der Waals surface area (Å²) in [5, 5.41) is 8.98. The van der Waals surface area contributed by atoms with Gasteiger partial charge in [0.15, 0.2) is 0 Å². The van der Waals surface area contributed by atoms with Crippen LogP contribution in [0.2, 0.25) is 0 Å². The van der Waals surface area contributed by atoms with Gasteiger partial charge in [-0.25, -0.2) is 0 Å². The molecule has 1 aliphatic carbocycles. The minimum Gasteiger partial charge on any atom is -0.347 e. The predicted molar refractivity (Wildman–Crippen MR) is 95.6 cm³/mol. The zero-order valence-electron chi connectivity index (χ0n) is 14.2. The zero-order chi connectivity index (χ0) is 16.5. The quantitative estimate of drug-likeness (QED) is 0.911. The molecule has 2 aliphatic rings. The number of hydrogen-bond acceptors (Lipinski definition) is 3. The molecule has 1 unspecified atom stereocenters. The van der Waals surface area contributed by atoms with Gasteiger partial charge in [-0.05, 0) is 43.6 Å². The first-order chi connectivity index (χ1) is 11.7. The maximum Gasteiger partial charge on any atom is 0.237 e. The third-order valence-corrected chi connectivity index (χ3v) is 5.63. The Kier molecular flexibility index (Phi) is 4.23. The number of carbonyl (C=O) groups is 1. The first kappa shape index (κ1) is 15.6. The SMILES string of the molecule is CC(NC(=O)[C@@H]1C[C@@H]2CCCC[C@@H]2N1)c1cc2ccccc2cn1. The molecule has 2 heterocycles. The van der Waals surface area contributed by atoms with Crippen LogP contribution in [0.5, 0.6) is 0 Å². The number of benzene rings is 1. The monoisotopic (exact) mass is 323 g/mol. The van der Waals surface area contributed by atoms with Crippen LogP contribution in [-0.4, -0.2) is 23.0 Å². The van der Waals surface area contributed by atoms with Crippen molar-refractivity contribution in [2.45, 2.75) is 57.2 Å². The molecule has 24 heavy (non-hydrogen) atoms. The Morgan fingerprint density at radius 1 is 1.25 bits per heavy atom. The van der Waals surface area contributed by atoms with Crippen LogP contribution in [-0.2, 0) is 4.79 Å². The molecule has 1 amide bonds. The average Bonchev–Trinajstić information content (AvgIpc) is 3.05. The minimum absolute atomic E-state index is 0.0407. The van der Waals surface area contributed by atoms with Crippen LogP contribution in [0.3, 0.4) is 0 Å². The Bertz CT molecular complexity index is 730. The molecule has 0 bridgehead atoms. The van der Waals surface area contributed by atoms with Gasteiger partial charge in [-0.1, -0.05) is 37.1 Å². The van der Waals surface area contributed by atoms with E-state index in [1.807, 2.05) is 25.3 Å². The number of aromatic nitrogens is 1. The Morgan fingerprint density at radius 3 is 2.88 bits per heavy atom. The number of hydrogen-bond donors (Lipinski definition) is 2. The minimum atomic E-state index is -0.0773. The molecule has 2 N–H and O–H groups in total. The summed E-state index contributed by atoms with van der Waals surface area (Å²) >= 11 is 0. The van der Waals surface area contributed by atoms with E-state index < -0.39 is 0 Å². The van der Waals surface area contributed by atoms with E-state index in [-0.39, 0.29) is 18.0 Å². The summed E-state index contributed by atoms with van der Waals surface area (Å²) in [5.74, 6) is 0.801. The van der Waals surface area contributed by atoms with Crippen LogP contribution in [0.1, 0.15) is 50.8 Å². The number of pyridine rings is 1. The largest absolute Gasteiger partial charge is 0.347 e. The molecule has 4 heteroatoms. The summed E-state index contributed by atoms with van der Waals surface area (Å²) in [7, 11) is 0. The fraction of sp³-hybridized carbons (Fsp3) is 0.500. The van der Waals surface area contributed by atoms with Crippen LogP contribution >= 0.6 is 0 Å².